The molecule has 7 nitrogen and oxygen atoms in total. The van der Waals surface area contributed by atoms with Crippen LogP contribution in [-0.4, -0.2) is 17.9 Å². The molecular weight excluding hydrogens is 464 g/mol. The van der Waals surface area contributed by atoms with Gasteiger partial charge in [-0.2, -0.15) is 0 Å². The molecule has 0 bridgehead atoms. The van der Waals surface area contributed by atoms with E-state index in [1.54, 1.807) is 12.1 Å². The Morgan fingerprint density at radius 1 is 1.07 bits per heavy atom. The molecule has 0 heterocycles. The predicted molar refractivity (Wildman–Crippen MR) is 113 cm³/mol. The third kappa shape index (κ3) is 4.85. The van der Waals surface area contributed by atoms with E-state index in [9.17, 15) is 14.9 Å². The average Bonchev–Trinajstić information content (AvgIpc) is 2.71. The molecule has 0 spiro atoms. The largest absolute Gasteiger partial charge is 0.493 e. The predicted octanol–water partition coefficient (Wildman–Crippen LogP) is 6.06. The zero-order valence-corrected chi connectivity index (χ0v) is 17.4. The minimum atomic E-state index is -0.590. The van der Waals surface area contributed by atoms with E-state index in [2.05, 4.69) is 21.2 Å². The highest BCUT2D eigenvalue weighted by Crippen LogP contribution is 2.38. The maximum atomic E-state index is 12.6. The van der Waals surface area contributed by atoms with Crippen molar-refractivity contribution in [3.05, 3.63) is 85.8 Å². The molecule has 0 saturated carbocycles. The number of methoxy groups -OCH3 is 1. The molecule has 0 fully saturated rings. The summed E-state index contributed by atoms with van der Waals surface area (Å²) in [6, 6.07) is 15.8. The molecule has 0 radical (unpaired) electrons. The normalized spacial score (nSPS) is 10.3. The lowest BCUT2D eigenvalue weighted by Gasteiger charge is -2.13. The number of benzene rings is 3. The van der Waals surface area contributed by atoms with Gasteiger partial charge in [0.05, 0.1) is 17.7 Å². The summed E-state index contributed by atoms with van der Waals surface area (Å²) in [4.78, 5) is 23.2. The van der Waals surface area contributed by atoms with Gasteiger partial charge in [-0.25, -0.2) is 0 Å². The van der Waals surface area contributed by atoms with Crippen molar-refractivity contribution in [2.45, 2.75) is 0 Å². The van der Waals surface area contributed by atoms with Gasteiger partial charge in [-0.3, -0.25) is 14.9 Å². The number of para-hydroxylation sites is 1. The molecule has 3 aromatic rings. The molecule has 0 atom stereocenters. The molecule has 148 valence electrons. The molecule has 3 rings (SSSR count). The minimum Gasteiger partial charge on any atom is -0.493 e. The zero-order chi connectivity index (χ0) is 21.0. The van der Waals surface area contributed by atoms with Crippen molar-refractivity contribution in [3.8, 4) is 17.2 Å². The van der Waals surface area contributed by atoms with Crippen LogP contribution in [0.1, 0.15) is 10.4 Å². The second-order valence-electron chi connectivity index (χ2n) is 5.77. The molecule has 1 amide bonds. The van der Waals surface area contributed by atoms with Crippen molar-refractivity contribution in [3.63, 3.8) is 0 Å². The smallest absolute Gasteiger partial charge is 0.313 e. The number of nitro groups is 1. The third-order valence-corrected chi connectivity index (χ3v) is 4.81. The summed E-state index contributed by atoms with van der Waals surface area (Å²) in [6.45, 7) is 0. The quantitative estimate of drug-likeness (QED) is 0.344. The van der Waals surface area contributed by atoms with Crippen molar-refractivity contribution in [1.29, 1.82) is 0 Å². The van der Waals surface area contributed by atoms with Crippen LogP contribution in [0.25, 0.3) is 0 Å². The summed E-state index contributed by atoms with van der Waals surface area (Å²) in [5, 5.41) is 14.3. The summed E-state index contributed by atoms with van der Waals surface area (Å²) in [7, 11) is 1.41. The van der Waals surface area contributed by atoms with Crippen molar-refractivity contribution < 1.29 is 19.2 Å². The highest BCUT2D eigenvalue weighted by Gasteiger charge is 2.19. The van der Waals surface area contributed by atoms with Crippen LogP contribution < -0.4 is 14.8 Å². The molecule has 3 aromatic carbocycles. The Morgan fingerprint density at radius 2 is 1.79 bits per heavy atom. The Balaban J connectivity index is 1.87. The monoisotopic (exact) mass is 476 g/mol. The Morgan fingerprint density at radius 3 is 2.48 bits per heavy atom. The summed E-state index contributed by atoms with van der Waals surface area (Å²) < 4.78 is 11.7. The number of halogens is 2. The van der Waals surface area contributed by atoms with E-state index in [0.717, 1.165) is 4.47 Å². The number of carbonyl (C=O) groups is 1. The Bertz CT molecular complexity index is 1090. The molecule has 0 unspecified atom stereocenters. The van der Waals surface area contributed by atoms with Crippen LogP contribution in [0.3, 0.4) is 0 Å². The van der Waals surface area contributed by atoms with Gasteiger partial charge in [-0.1, -0.05) is 23.7 Å². The molecule has 0 aliphatic heterocycles. The first-order valence-electron chi connectivity index (χ1n) is 8.24. The summed E-state index contributed by atoms with van der Waals surface area (Å²) in [6.07, 6.45) is 0. The molecule has 1 N–H and O–H groups in total. The van der Waals surface area contributed by atoms with Crippen LogP contribution in [0, 0.1) is 10.1 Å². The van der Waals surface area contributed by atoms with Crippen molar-refractivity contribution >= 4 is 44.8 Å². The minimum absolute atomic E-state index is 0.00289. The summed E-state index contributed by atoms with van der Waals surface area (Å²) in [5.41, 5.74) is 0.666. The van der Waals surface area contributed by atoms with Crippen LogP contribution in [0.2, 0.25) is 5.02 Å². The van der Waals surface area contributed by atoms with Crippen molar-refractivity contribution in [2.24, 2.45) is 0 Å². The molecule has 9 heteroatoms. The summed E-state index contributed by atoms with van der Waals surface area (Å²) >= 11 is 9.20. The van der Waals surface area contributed by atoms with E-state index in [4.69, 9.17) is 21.1 Å². The molecule has 0 aliphatic rings. The lowest BCUT2D eigenvalue weighted by atomic mass is 10.1. The second kappa shape index (κ2) is 8.93. The molecule has 0 aliphatic carbocycles. The number of amides is 1. The van der Waals surface area contributed by atoms with Gasteiger partial charge in [-0.15, -0.1) is 0 Å². The first kappa shape index (κ1) is 20.6. The van der Waals surface area contributed by atoms with Crippen LogP contribution in [0.4, 0.5) is 11.4 Å². The number of nitrogens with one attached hydrogen (secondary N) is 1. The maximum absolute atomic E-state index is 12.6. The van der Waals surface area contributed by atoms with E-state index in [-0.39, 0.29) is 33.9 Å². The zero-order valence-electron chi connectivity index (χ0n) is 15.0. The van der Waals surface area contributed by atoms with E-state index in [1.165, 1.54) is 43.5 Å². The van der Waals surface area contributed by atoms with Gasteiger partial charge in [0.1, 0.15) is 0 Å². The van der Waals surface area contributed by atoms with Crippen molar-refractivity contribution in [1.82, 2.24) is 0 Å². The van der Waals surface area contributed by atoms with E-state index in [0.29, 0.717) is 11.3 Å². The van der Waals surface area contributed by atoms with Crippen LogP contribution >= 0.6 is 27.5 Å². The topological polar surface area (TPSA) is 90.7 Å². The molecule has 0 saturated heterocycles. The first-order valence-corrected chi connectivity index (χ1v) is 9.42. The third-order valence-electron chi connectivity index (χ3n) is 3.89. The number of nitrogens with zero attached hydrogens (tertiary/aromatic N) is 1. The number of hydrogen-bond acceptors (Lipinski definition) is 5. The van der Waals surface area contributed by atoms with Gasteiger partial charge in [-0.05, 0) is 58.4 Å². The Kier molecular flexibility index (Phi) is 6.36. The lowest BCUT2D eigenvalue weighted by molar-refractivity contribution is -0.385. The number of carbonyl (C=O) groups excluding carboxylic acids is 1. The van der Waals surface area contributed by atoms with Crippen LogP contribution in [0.15, 0.2) is 65.1 Å². The van der Waals surface area contributed by atoms with Crippen LogP contribution in [0.5, 0.6) is 17.2 Å². The number of hydrogen-bond donors (Lipinski definition) is 1. The highest BCUT2D eigenvalue weighted by atomic mass is 79.9. The highest BCUT2D eigenvalue weighted by molar-refractivity contribution is 9.10. The van der Waals surface area contributed by atoms with Gasteiger partial charge >= 0.3 is 5.69 Å². The first-order chi connectivity index (χ1) is 13.9. The van der Waals surface area contributed by atoms with Crippen LogP contribution in [-0.2, 0) is 0 Å². The van der Waals surface area contributed by atoms with Crippen molar-refractivity contribution in [2.75, 3.05) is 12.4 Å². The summed E-state index contributed by atoms with van der Waals surface area (Å²) in [5.74, 6) is 0.117. The average molecular weight is 478 g/mol. The number of nitro benzene ring substituents is 1. The standard InChI is InChI=1S/C20H14BrClN2O5/c1-28-19-10-12(20(25)23-15-5-3-2-4-14(15)21)6-8-18(19)29-17-9-7-13(22)11-16(17)24(26)27/h2-11H,1H3,(H,23,25). The lowest BCUT2D eigenvalue weighted by Crippen LogP contribution is -2.12. The number of rotatable bonds is 6. The van der Waals surface area contributed by atoms with E-state index < -0.39 is 4.92 Å². The van der Waals surface area contributed by atoms with Gasteiger partial charge < -0.3 is 14.8 Å². The van der Waals surface area contributed by atoms with Gasteiger partial charge in [0.15, 0.2) is 11.5 Å². The van der Waals surface area contributed by atoms with E-state index in [1.807, 2.05) is 12.1 Å². The fraction of sp³-hybridized carbons (Fsp3) is 0.0500. The van der Waals surface area contributed by atoms with Gasteiger partial charge in [0.25, 0.3) is 5.91 Å². The second-order valence-corrected chi connectivity index (χ2v) is 7.06. The maximum Gasteiger partial charge on any atom is 0.313 e. The fourth-order valence-electron chi connectivity index (χ4n) is 2.49. The van der Waals surface area contributed by atoms with E-state index >= 15 is 0 Å². The molecule has 29 heavy (non-hydrogen) atoms. The Hall–Kier alpha value is -3.10. The number of anilines is 1. The SMILES string of the molecule is COc1cc(C(=O)Nc2ccccc2Br)ccc1Oc1ccc(Cl)cc1[N+](=O)[O-]. The molecular formula is C20H14BrClN2O5. The number of ether oxygens (including phenoxy) is 2. The van der Waals surface area contributed by atoms with Gasteiger partial charge in [0, 0.05) is 21.1 Å². The van der Waals surface area contributed by atoms with Gasteiger partial charge in [0.2, 0.25) is 5.75 Å². The molecule has 0 aromatic heterocycles. The fourth-order valence-corrected chi connectivity index (χ4v) is 3.04. The Labute approximate surface area is 179 Å².